The van der Waals surface area contributed by atoms with Crippen LogP contribution in [0, 0.1) is 5.92 Å². The van der Waals surface area contributed by atoms with Gasteiger partial charge in [-0.25, -0.2) is 4.98 Å². The second kappa shape index (κ2) is 6.34. The van der Waals surface area contributed by atoms with E-state index in [0.717, 1.165) is 17.0 Å². The third-order valence-electron chi connectivity index (χ3n) is 4.66. The predicted octanol–water partition coefficient (Wildman–Crippen LogP) is 4.87. The van der Waals surface area contributed by atoms with Crippen LogP contribution in [-0.2, 0) is 4.79 Å². The predicted molar refractivity (Wildman–Crippen MR) is 94.8 cm³/mol. The van der Waals surface area contributed by atoms with Crippen molar-refractivity contribution in [1.82, 2.24) is 9.55 Å². The molecule has 1 aromatic carbocycles. The Morgan fingerprint density at radius 2 is 2.04 bits per heavy atom. The van der Waals surface area contributed by atoms with Gasteiger partial charge in [-0.15, -0.1) is 0 Å². The highest BCUT2D eigenvalue weighted by Crippen LogP contribution is 2.37. The third kappa shape index (κ3) is 3.26. The molecule has 124 valence electrons. The van der Waals surface area contributed by atoms with Crippen LogP contribution in [0.4, 0.5) is 5.95 Å². The molecule has 1 N–H and O–H groups in total. The molecule has 1 fully saturated rings. The van der Waals surface area contributed by atoms with Gasteiger partial charge in [-0.1, -0.05) is 33.8 Å². The van der Waals surface area contributed by atoms with Gasteiger partial charge in [-0.2, -0.15) is 0 Å². The zero-order valence-electron chi connectivity index (χ0n) is 14.6. The number of nitrogens with one attached hydrogen (secondary N) is 1. The van der Waals surface area contributed by atoms with E-state index in [1.54, 1.807) is 0 Å². The van der Waals surface area contributed by atoms with Crippen LogP contribution in [0.3, 0.4) is 0 Å². The van der Waals surface area contributed by atoms with Gasteiger partial charge in [0, 0.05) is 12.5 Å². The number of benzene rings is 1. The lowest BCUT2D eigenvalue weighted by molar-refractivity contribution is -0.116. The van der Waals surface area contributed by atoms with Gasteiger partial charge in [0.2, 0.25) is 11.9 Å². The van der Waals surface area contributed by atoms with Crippen molar-refractivity contribution in [3.05, 3.63) is 23.8 Å². The molecule has 0 saturated heterocycles. The van der Waals surface area contributed by atoms with Crippen LogP contribution in [0.2, 0.25) is 0 Å². The summed E-state index contributed by atoms with van der Waals surface area (Å²) in [6.07, 6.45) is 4.13. The van der Waals surface area contributed by atoms with Crippen LogP contribution in [0.1, 0.15) is 70.9 Å². The number of anilines is 1. The summed E-state index contributed by atoms with van der Waals surface area (Å²) < 4.78 is 2.25. The van der Waals surface area contributed by atoms with E-state index in [4.69, 9.17) is 4.98 Å². The molecule has 0 spiro atoms. The number of hydrogen-bond donors (Lipinski definition) is 1. The van der Waals surface area contributed by atoms with Gasteiger partial charge < -0.3 is 4.57 Å². The summed E-state index contributed by atoms with van der Waals surface area (Å²) in [5.41, 5.74) is 3.44. The van der Waals surface area contributed by atoms with Gasteiger partial charge in [0.25, 0.3) is 0 Å². The molecule has 4 heteroatoms. The number of carbonyl (C=O) groups excluding carboxylic acids is 1. The maximum atomic E-state index is 12.2. The first kappa shape index (κ1) is 16.0. The monoisotopic (exact) mass is 313 g/mol. The van der Waals surface area contributed by atoms with Crippen molar-refractivity contribution >= 4 is 22.9 Å². The lowest BCUT2D eigenvalue weighted by atomic mass is 9.92. The maximum Gasteiger partial charge on any atom is 0.226 e. The Hall–Kier alpha value is -1.84. The normalized spacial score (nSPS) is 15.4. The average molecular weight is 313 g/mol. The zero-order chi connectivity index (χ0) is 16.6. The van der Waals surface area contributed by atoms with Gasteiger partial charge in [-0.3, -0.25) is 10.1 Å². The number of fused-ring (bicyclic) bond motifs is 1. The lowest BCUT2D eigenvalue weighted by Gasteiger charge is -2.29. The number of imidazole rings is 1. The van der Waals surface area contributed by atoms with Crippen molar-refractivity contribution in [1.29, 1.82) is 0 Å². The smallest absolute Gasteiger partial charge is 0.226 e. The fraction of sp³-hybridized carbons (Fsp3) is 0.579. The Morgan fingerprint density at radius 3 is 2.61 bits per heavy atom. The molecule has 0 aliphatic heterocycles. The molecule has 0 bridgehead atoms. The van der Waals surface area contributed by atoms with Crippen LogP contribution in [-0.4, -0.2) is 15.5 Å². The summed E-state index contributed by atoms with van der Waals surface area (Å²) in [4.78, 5) is 16.9. The molecule has 23 heavy (non-hydrogen) atoms. The first-order chi connectivity index (χ1) is 11.0. The van der Waals surface area contributed by atoms with Crippen LogP contribution < -0.4 is 5.32 Å². The molecule has 0 radical (unpaired) electrons. The van der Waals surface area contributed by atoms with Gasteiger partial charge in [-0.05, 0) is 48.8 Å². The van der Waals surface area contributed by atoms with Crippen molar-refractivity contribution in [3.8, 4) is 0 Å². The number of carbonyl (C=O) groups is 1. The second-order valence-corrected chi connectivity index (χ2v) is 7.44. The number of nitrogens with zero attached hydrogens (tertiary/aromatic N) is 2. The minimum absolute atomic E-state index is 0.0555. The van der Waals surface area contributed by atoms with Crippen molar-refractivity contribution in [3.63, 3.8) is 0 Å². The van der Waals surface area contributed by atoms with Gasteiger partial charge in [0.1, 0.15) is 0 Å². The topological polar surface area (TPSA) is 46.9 Å². The Morgan fingerprint density at radius 1 is 1.30 bits per heavy atom. The minimum Gasteiger partial charge on any atom is -0.307 e. The summed E-state index contributed by atoms with van der Waals surface area (Å²) in [5.74, 6) is 1.61. The molecule has 1 aromatic heterocycles. The quantitative estimate of drug-likeness (QED) is 0.856. The molecule has 2 aromatic rings. The SMILES string of the molecule is CC(C)CC(=O)Nc1nc2ccc(C(C)C)cc2n1C1CCC1. The standard InChI is InChI=1S/C19H27N3O/c1-12(2)10-18(23)21-19-20-16-9-8-14(13(3)4)11-17(16)22(19)15-6-5-7-15/h8-9,11-13,15H,5-7,10H2,1-4H3,(H,20,21,23). The third-order valence-corrected chi connectivity index (χ3v) is 4.66. The molecule has 1 aliphatic rings. The number of aromatic nitrogens is 2. The van der Waals surface area contributed by atoms with E-state index in [1.165, 1.54) is 24.8 Å². The van der Waals surface area contributed by atoms with E-state index >= 15 is 0 Å². The highest BCUT2D eigenvalue weighted by atomic mass is 16.1. The van der Waals surface area contributed by atoms with Crippen LogP contribution in [0.15, 0.2) is 18.2 Å². The molecule has 1 heterocycles. The fourth-order valence-corrected chi connectivity index (χ4v) is 3.12. The molecule has 3 rings (SSSR count). The highest BCUT2D eigenvalue weighted by Gasteiger charge is 2.25. The molecule has 4 nitrogen and oxygen atoms in total. The molecule has 1 aliphatic carbocycles. The maximum absolute atomic E-state index is 12.2. The van der Waals surface area contributed by atoms with Gasteiger partial charge in [0.05, 0.1) is 11.0 Å². The van der Waals surface area contributed by atoms with Crippen molar-refractivity contribution in [2.45, 2.75) is 65.3 Å². The lowest BCUT2D eigenvalue weighted by Crippen LogP contribution is -2.22. The number of hydrogen-bond acceptors (Lipinski definition) is 2. The summed E-state index contributed by atoms with van der Waals surface area (Å²) in [7, 11) is 0. The van der Waals surface area contributed by atoms with E-state index in [9.17, 15) is 4.79 Å². The summed E-state index contributed by atoms with van der Waals surface area (Å²) in [6, 6.07) is 6.93. The Labute approximate surface area is 138 Å². The molecule has 0 unspecified atom stereocenters. The first-order valence-electron chi connectivity index (χ1n) is 8.77. The van der Waals surface area contributed by atoms with E-state index in [-0.39, 0.29) is 5.91 Å². The minimum atomic E-state index is 0.0555. The molecule has 1 amide bonds. The number of amides is 1. The van der Waals surface area contributed by atoms with Crippen molar-refractivity contribution in [2.75, 3.05) is 5.32 Å². The molecular weight excluding hydrogens is 286 g/mol. The molecule has 1 saturated carbocycles. The average Bonchev–Trinajstić information content (AvgIpc) is 2.73. The van der Waals surface area contributed by atoms with E-state index in [0.29, 0.717) is 24.3 Å². The van der Waals surface area contributed by atoms with Gasteiger partial charge in [0.15, 0.2) is 0 Å². The Balaban J connectivity index is 2.00. The molecule has 0 atom stereocenters. The zero-order valence-corrected chi connectivity index (χ0v) is 14.6. The van der Waals surface area contributed by atoms with Crippen molar-refractivity contribution < 1.29 is 4.79 Å². The highest BCUT2D eigenvalue weighted by molar-refractivity contribution is 5.91. The van der Waals surface area contributed by atoms with Crippen molar-refractivity contribution in [2.24, 2.45) is 5.92 Å². The summed E-state index contributed by atoms with van der Waals surface area (Å²) in [5, 5.41) is 3.04. The van der Waals surface area contributed by atoms with E-state index in [2.05, 4.69) is 55.8 Å². The largest absolute Gasteiger partial charge is 0.307 e. The van der Waals surface area contributed by atoms with Crippen LogP contribution >= 0.6 is 0 Å². The van der Waals surface area contributed by atoms with Crippen LogP contribution in [0.25, 0.3) is 11.0 Å². The Kier molecular flexibility index (Phi) is 4.42. The summed E-state index contributed by atoms with van der Waals surface area (Å²) >= 11 is 0. The van der Waals surface area contributed by atoms with E-state index < -0.39 is 0 Å². The second-order valence-electron chi connectivity index (χ2n) is 7.44. The van der Waals surface area contributed by atoms with E-state index in [1.807, 2.05) is 0 Å². The van der Waals surface area contributed by atoms with Gasteiger partial charge >= 0.3 is 0 Å². The fourth-order valence-electron chi connectivity index (χ4n) is 3.12. The van der Waals surface area contributed by atoms with Crippen LogP contribution in [0.5, 0.6) is 0 Å². The number of rotatable bonds is 5. The molecular formula is C19H27N3O. The summed E-state index contributed by atoms with van der Waals surface area (Å²) in [6.45, 7) is 8.53. The first-order valence-corrected chi connectivity index (χ1v) is 8.77. The Bertz CT molecular complexity index is 711.